The van der Waals surface area contributed by atoms with Crippen LogP contribution in [0, 0.1) is 0 Å². The van der Waals surface area contributed by atoms with Crippen molar-refractivity contribution in [3.63, 3.8) is 0 Å². The minimum atomic E-state index is 0.307. The highest BCUT2D eigenvalue weighted by molar-refractivity contribution is 4.91. The third kappa shape index (κ3) is 2.71. The molecule has 0 aromatic rings. The monoisotopic (exact) mass is 212 g/mol. The second-order valence-electron chi connectivity index (χ2n) is 5.65. The fraction of sp³-hybridized carbons (Fsp3) is 1.00. The van der Waals surface area contributed by atoms with Crippen LogP contribution < -0.4 is 5.73 Å². The molecule has 0 amide bonds. The van der Waals surface area contributed by atoms with Gasteiger partial charge in [-0.3, -0.25) is 4.90 Å². The van der Waals surface area contributed by atoms with Gasteiger partial charge in [-0.05, 0) is 39.5 Å². The average molecular weight is 212 g/mol. The van der Waals surface area contributed by atoms with Crippen LogP contribution in [0.15, 0.2) is 0 Å². The standard InChI is InChI=1S/C12H24N2O/c1-12(2)6-5-10(13)8-14(12)9-11-4-3-7-15-11/h10-11H,3-9,13H2,1-2H3. The predicted octanol–water partition coefficient (Wildman–Crippen LogP) is 1.37. The zero-order valence-electron chi connectivity index (χ0n) is 10.0. The van der Waals surface area contributed by atoms with Crippen LogP contribution in [-0.2, 0) is 4.74 Å². The molecule has 2 fully saturated rings. The Kier molecular flexibility index (Phi) is 3.33. The molecule has 88 valence electrons. The summed E-state index contributed by atoms with van der Waals surface area (Å²) in [6.45, 7) is 7.71. The SMILES string of the molecule is CC1(C)CCC(N)CN1CC1CCCO1. The van der Waals surface area contributed by atoms with Gasteiger partial charge in [-0.25, -0.2) is 0 Å². The zero-order chi connectivity index (χ0) is 10.9. The second-order valence-corrected chi connectivity index (χ2v) is 5.65. The summed E-state index contributed by atoms with van der Waals surface area (Å²) in [6.07, 6.45) is 5.28. The van der Waals surface area contributed by atoms with Crippen LogP contribution >= 0.6 is 0 Å². The smallest absolute Gasteiger partial charge is 0.0703 e. The summed E-state index contributed by atoms with van der Waals surface area (Å²) in [6, 6.07) is 0.361. The maximum Gasteiger partial charge on any atom is 0.0703 e. The van der Waals surface area contributed by atoms with Crippen LogP contribution in [-0.4, -0.2) is 42.3 Å². The number of ether oxygens (including phenoxy) is 1. The van der Waals surface area contributed by atoms with Crippen LogP contribution in [0.25, 0.3) is 0 Å². The van der Waals surface area contributed by atoms with Crippen LogP contribution in [0.2, 0.25) is 0 Å². The van der Waals surface area contributed by atoms with E-state index in [0.29, 0.717) is 17.7 Å². The lowest BCUT2D eigenvalue weighted by Gasteiger charge is -2.45. The van der Waals surface area contributed by atoms with E-state index in [2.05, 4.69) is 18.7 Å². The molecule has 2 saturated heterocycles. The molecule has 0 aliphatic carbocycles. The third-order valence-electron chi connectivity index (χ3n) is 3.89. The van der Waals surface area contributed by atoms with Gasteiger partial charge in [0.05, 0.1) is 6.10 Å². The Bertz CT molecular complexity index is 212. The Hall–Kier alpha value is -0.120. The highest BCUT2D eigenvalue weighted by atomic mass is 16.5. The van der Waals surface area contributed by atoms with Gasteiger partial charge in [-0.15, -0.1) is 0 Å². The first-order valence-electron chi connectivity index (χ1n) is 6.20. The van der Waals surface area contributed by atoms with Gasteiger partial charge < -0.3 is 10.5 Å². The maximum absolute atomic E-state index is 6.04. The largest absolute Gasteiger partial charge is 0.377 e. The van der Waals surface area contributed by atoms with Crippen molar-refractivity contribution in [1.29, 1.82) is 0 Å². The molecule has 2 aliphatic rings. The first-order valence-corrected chi connectivity index (χ1v) is 6.20. The highest BCUT2D eigenvalue weighted by Crippen LogP contribution is 2.28. The Labute approximate surface area is 93.0 Å². The molecule has 2 N–H and O–H groups in total. The molecule has 2 heterocycles. The molecule has 2 atom stereocenters. The van der Waals surface area contributed by atoms with Crippen molar-refractivity contribution < 1.29 is 4.74 Å². The van der Waals surface area contributed by atoms with Crippen LogP contribution in [0.5, 0.6) is 0 Å². The molecule has 3 nitrogen and oxygen atoms in total. The number of piperidine rings is 1. The molecular formula is C12H24N2O. The summed E-state index contributed by atoms with van der Waals surface area (Å²) in [5, 5.41) is 0. The summed E-state index contributed by atoms with van der Waals surface area (Å²) in [5.41, 5.74) is 6.35. The first kappa shape index (κ1) is 11.4. The van der Waals surface area contributed by atoms with Gasteiger partial charge in [0.15, 0.2) is 0 Å². The van der Waals surface area contributed by atoms with Crippen molar-refractivity contribution in [3.05, 3.63) is 0 Å². The second kappa shape index (κ2) is 4.40. The molecule has 2 aliphatic heterocycles. The summed E-state index contributed by atoms with van der Waals surface area (Å²) in [7, 11) is 0. The minimum absolute atomic E-state index is 0.307. The summed E-state index contributed by atoms with van der Waals surface area (Å²) < 4.78 is 5.70. The number of likely N-dealkylation sites (tertiary alicyclic amines) is 1. The molecule has 0 saturated carbocycles. The highest BCUT2D eigenvalue weighted by Gasteiger charge is 2.34. The van der Waals surface area contributed by atoms with E-state index >= 15 is 0 Å². The Morgan fingerprint density at radius 1 is 1.40 bits per heavy atom. The predicted molar refractivity (Wildman–Crippen MR) is 61.8 cm³/mol. The topological polar surface area (TPSA) is 38.5 Å². The molecule has 0 radical (unpaired) electrons. The Morgan fingerprint density at radius 2 is 2.20 bits per heavy atom. The van der Waals surface area contributed by atoms with E-state index in [-0.39, 0.29) is 0 Å². The Balaban J connectivity index is 1.92. The number of hydrogen-bond acceptors (Lipinski definition) is 3. The van der Waals surface area contributed by atoms with Crippen molar-refractivity contribution in [2.45, 2.75) is 57.2 Å². The van der Waals surface area contributed by atoms with Crippen molar-refractivity contribution >= 4 is 0 Å². The van der Waals surface area contributed by atoms with Gasteiger partial charge >= 0.3 is 0 Å². The fourth-order valence-electron chi connectivity index (χ4n) is 2.67. The van der Waals surface area contributed by atoms with Gasteiger partial charge in [0, 0.05) is 31.3 Å². The maximum atomic E-state index is 6.04. The van der Waals surface area contributed by atoms with Crippen LogP contribution in [0.1, 0.15) is 39.5 Å². The molecule has 2 rings (SSSR count). The molecule has 2 unspecified atom stereocenters. The zero-order valence-corrected chi connectivity index (χ0v) is 10.0. The first-order chi connectivity index (χ1) is 7.08. The summed E-state index contributed by atoms with van der Waals surface area (Å²) >= 11 is 0. The third-order valence-corrected chi connectivity index (χ3v) is 3.89. The van der Waals surface area contributed by atoms with Crippen LogP contribution in [0.3, 0.4) is 0 Å². The van der Waals surface area contributed by atoms with Crippen molar-refractivity contribution in [1.82, 2.24) is 4.90 Å². The van der Waals surface area contributed by atoms with Crippen molar-refractivity contribution in [2.75, 3.05) is 19.7 Å². The van der Waals surface area contributed by atoms with Gasteiger partial charge in [0.25, 0.3) is 0 Å². The summed E-state index contributed by atoms with van der Waals surface area (Å²) in [4.78, 5) is 2.52. The molecule has 0 bridgehead atoms. The fourth-order valence-corrected chi connectivity index (χ4v) is 2.67. The van der Waals surface area contributed by atoms with E-state index in [9.17, 15) is 0 Å². The van der Waals surface area contributed by atoms with E-state index in [1.165, 1.54) is 19.3 Å². The van der Waals surface area contributed by atoms with Crippen molar-refractivity contribution in [2.24, 2.45) is 5.73 Å². The van der Waals surface area contributed by atoms with Gasteiger partial charge in [0.1, 0.15) is 0 Å². The number of hydrogen-bond donors (Lipinski definition) is 1. The van der Waals surface area contributed by atoms with Gasteiger partial charge in [-0.1, -0.05) is 0 Å². The number of rotatable bonds is 2. The molecule has 0 spiro atoms. The van der Waals surface area contributed by atoms with E-state index < -0.39 is 0 Å². The lowest BCUT2D eigenvalue weighted by atomic mass is 9.88. The quantitative estimate of drug-likeness (QED) is 0.751. The van der Waals surface area contributed by atoms with Gasteiger partial charge in [-0.2, -0.15) is 0 Å². The summed E-state index contributed by atoms with van der Waals surface area (Å²) in [5.74, 6) is 0. The normalized spacial score (nSPS) is 37.0. The lowest BCUT2D eigenvalue weighted by Crippen LogP contribution is -2.56. The van der Waals surface area contributed by atoms with Gasteiger partial charge in [0.2, 0.25) is 0 Å². The molecule has 0 aromatic carbocycles. The molecular weight excluding hydrogens is 188 g/mol. The lowest BCUT2D eigenvalue weighted by molar-refractivity contribution is 0.00737. The van der Waals surface area contributed by atoms with E-state index in [1.54, 1.807) is 0 Å². The molecule has 0 aromatic heterocycles. The Morgan fingerprint density at radius 3 is 2.87 bits per heavy atom. The van der Waals surface area contributed by atoms with E-state index in [4.69, 9.17) is 10.5 Å². The molecule has 15 heavy (non-hydrogen) atoms. The van der Waals surface area contributed by atoms with Crippen molar-refractivity contribution in [3.8, 4) is 0 Å². The molecule has 3 heteroatoms. The van der Waals surface area contributed by atoms with E-state index in [0.717, 1.165) is 26.1 Å². The average Bonchev–Trinajstić information content (AvgIpc) is 2.65. The van der Waals surface area contributed by atoms with E-state index in [1.807, 2.05) is 0 Å². The number of nitrogens with two attached hydrogens (primary N) is 1. The number of nitrogens with zero attached hydrogens (tertiary/aromatic N) is 1. The van der Waals surface area contributed by atoms with Crippen LogP contribution in [0.4, 0.5) is 0 Å². The minimum Gasteiger partial charge on any atom is -0.377 e.